The Morgan fingerprint density at radius 2 is 1.74 bits per heavy atom. The minimum atomic E-state index is -4.11. The Labute approximate surface area is 138 Å². The molecule has 23 heavy (non-hydrogen) atoms. The maximum Gasteiger partial charge on any atom is 0.335 e. The number of aromatic carboxylic acids is 1. The number of nitrogens with two attached hydrogens (primary N) is 2. The molecule has 2 aromatic rings. The molecule has 0 atom stereocenters. The van der Waals surface area contributed by atoms with Crippen LogP contribution in [0, 0.1) is 6.92 Å². The van der Waals surface area contributed by atoms with Gasteiger partial charge in [-0.1, -0.05) is 11.6 Å². The summed E-state index contributed by atoms with van der Waals surface area (Å²) < 4.78 is 30.1. The number of hydrogen-bond donors (Lipinski definition) is 4. The summed E-state index contributed by atoms with van der Waals surface area (Å²) in [5, 5.41) is 8.87. The molecule has 0 amide bonds. The number of halogens is 1. The minimum absolute atomic E-state index is 0.100. The van der Waals surface area contributed by atoms with Crippen molar-refractivity contribution < 1.29 is 22.9 Å². The van der Waals surface area contributed by atoms with Crippen molar-refractivity contribution in [2.75, 3.05) is 11.5 Å². The van der Waals surface area contributed by atoms with Crippen molar-refractivity contribution >= 4 is 39.1 Å². The monoisotopic (exact) mass is 358 g/mol. The van der Waals surface area contributed by atoms with E-state index in [0.29, 0.717) is 16.3 Å². The lowest BCUT2D eigenvalue weighted by atomic mass is 10.2. The van der Waals surface area contributed by atoms with E-state index in [4.69, 9.17) is 32.7 Å². The largest absolute Gasteiger partial charge is 0.478 e. The van der Waals surface area contributed by atoms with Gasteiger partial charge in [-0.2, -0.15) is 8.42 Å². The van der Waals surface area contributed by atoms with Gasteiger partial charge in [-0.25, -0.2) is 4.79 Å². The lowest BCUT2D eigenvalue weighted by molar-refractivity contribution is 0.0697. The summed E-state index contributed by atoms with van der Waals surface area (Å²) in [6.45, 7) is 1.57. The molecule has 6 N–H and O–H groups in total. The SMILES string of the molecule is Cc1cc(N)ccc1S(=O)(=O)O.Nc1cc(C(=O)O)ccc1Cl. The summed E-state index contributed by atoms with van der Waals surface area (Å²) in [7, 11) is -4.11. The average molecular weight is 359 g/mol. The number of nitrogen functional groups attached to an aromatic ring is 2. The number of rotatable bonds is 2. The second-order valence-electron chi connectivity index (χ2n) is 4.54. The van der Waals surface area contributed by atoms with E-state index in [0.717, 1.165) is 0 Å². The molecule has 2 aromatic carbocycles. The molecule has 0 aliphatic carbocycles. The third kappa shape index (κ3) is 5.44. The molecule has 2 rings (SSSR count). The van der Waals surface area contributed by atoms with Crippen molar-refractivity contribution in [2.24, 2.45) is 0 Å². The molecule has 0 saturated carbocycles. The van der Waals surface area contributed by atoms with Crippen LogP contribution in [0.4, 0.5) is 11.4 Å². The van der Waals surface area contributed by atoms with E-state index in [2.05, 4.69) is 0 Å². The Bertz CT molecular complexity index is 837. The summed E-state index contributed by atoms with van der Waals surface area (Å²) in [6.07, 6.45) is 0. The van der Waals surface area contributed by atoms with Gasteiger partial charge in [0.15, 0.2) is 0 Å². The molecule has 0 heterocycles. The van der Waals surface area contributed by atoms with E-state index in [9.17, 15) is 13.2 Å². The Kier molecular flexibility index (Phi) is 5.97. The van der Waals surface area contributed by atoms with Gasteiger partial charge in [0, 0.05) is 5.69 Å². The zero-order valence-electron chi connectivity index (χ0n) is 12.0. The van der Waals surface area contributed by atoms with E-state index in [-0.39, 0.29) is 16.1 Å². The van der Waals surface area contributed by atoms with Gasteiger partial charge in [-0.15, -0.1) is 0 Å². The van der Waals surface area contributed by atoms with Gasteiger partial charge in [-0.05, 0) is 48.9 Å². The van der Waals surface area contributed by atoms with Gasteiger partial charge in [0.2, 0.25) is 0 Å². The molecule has 7 nitrogen and oxygen atoms in total. The smallest absolute Gasteiger partial charge is 0.335 e. The molecular weight excluding hydrogens is 344 g/mol. The molecule has 0 spiro atoms. The summed E-state index contributed by atoms with van der Waals surface area (Å²) in [4.78, 5) is 10.3. The van der Waals surface area contributed by atoms with E-state index < -0.39 is 16.1 Å². The molecule has 0 unspecified atom stereocenters. The van der Waals surface area contributed by atoms with Crippen LogP contribution in [0.1, 0.15) is 15.9 Å². The summed E-state index contributed by atoms with van der Waals surface area (Å²) in [5.41, 5.74) is 12.1. The summed E-state index contributed by atoms with van der Waals surface area (Å²) >= 11 is 5.57. The molecule has 0 aliphatic rings. The van der Waals surface area contributed by atoms with Crippen LogP contribution in [0.5, 0.6) is 0 Å². The highest BCUT2D eigenvalue weighted by Crippen LogP contribution is 2.19. The third-order valence-corrected chi connectivity index (χ3v) is 4.08. The van der Waals surface area contributed by atoms with Crippen LogP contribution in [-0.4, -0.2) is 24.0 Å². The molecule has 0 aliphatic heterocycles. The molecular formula is C14H15ClN2O5S. The first-order chi connectivity index (χ1) is 10.5. The second-order valence-corrected chi connectivity index (χ2v) is 6.34. The Morgan fingerprint density at radius 3 is 2.17 bits per heavy atom. The number of anilines is 2. The van der Waals surface area contributed by atoms with E-state index in [1.807, 2.05) is 0 Å². The molecule has 0 bridgehead atoms. The summed E-state index contributed by atoms with van der Waals surface area (Å²) in [5.74, 6) is -1.01. The number of carboxylic acids is 1. The van der Waals surface area contributed by atoms with Gasteiger partial charge in [0.05, 0.1) is 21.2 Å². The fourth-order valence-corrected chi connectivity index (χ4v) is 2.46. The lowest BCUT2D eigenvalue weighted by Gasteiger charge is -2.01. The van der Waals surface area contributed by atoms with Crippen molar-refractivity contribution in [1.29, 1.82) is 0 Å². The highest BCUT2D eigenvalue weighted by molar-refractivity contribution is 7.85. The van der Waals surface area contributed by atoms with Crippen LogP contribution >= 0.6 is 11.6 Å². The maximum atomic E-state index is 10.7. The van der Waals surface area contributed by atoms with Crippen LogP contribution in [0.25, 0.3) is 0 Å². The van der Waals surface area contributed by atoms with E-state index in [1.165, 1.54) is 36.4 Å². The van der Waals surface area contributed by atoms with Gasteiger partial charge < -0.3 is 16.6 Å². The lowest BCUT2D eigenvalue weighted by Crippen LogP contribution is -2.01. The maximum absolute atomic E-state index is 10.7. The zero-order chi connectivity index (χ0) is 17.8. The van der Waals surface area contributed by atoms with Gasteiger partial charge in [-0.3, -0.25) is 4.55 Å². The summed E-state index contributed by atoms with van der Waals surface area (Å²) in [6, 6.07) is 8.38. The van der Waals surface area contributed by atoms with E-state index >= 15 is 0 Å². The fourth-order valence-electron chi connectivity index (χ4n) is 1.64. The van der Waals surface area contributed by atoms with Crippen molar-refractivity contribution in [3.05, 3.63) is 52.5 Å². The van der Waals surface area contributed by atoms with Crippen LogP contribution in [-0.2, 0) is 10.1 Å². The first-order valence-corrected chi connectivity index (χ1v) is 7.96. The number of hydrogen-bond acceptors (Lipinski definition) is 5. The predicted molar refractivity (Wildman–Crippen MR) is 88.2 cm³/mol. The normalized spacial score (nSPS) is 10.6. The van der Waals surface area contributed by atoms with Crippen molar-refractivity contribution in [3.63, 3.8) is 0 Å². The van der Waals surface area contributed by atoms with Crippen LogP contribution < -0.4 is 11.5 Å². The average Bonchev–Trinajstić information content (AvgIpc) is 2.40. The van der Waals surface area contributed by atoms with Crippen LogP contribution in [0.2, 0.25) is 5.02 Å². The predicted octanol–water partition coefficient (Wildman–Crippen LogP) is 2.44. The molecule has 124 valence electrons. The highest BCUT2D eigenvalue weighted by Gasteiger charge is 2.11. The number of benzene rings is 2. The second kappa shape index (κ2) is 7.32. The quantitative estimate of drug-likeness (QED) is 0.476. The van der Waals surface area contributed by atoms with Crippen molar-refractivity contribution in [1.82, 2.24) is 0 Å². The Morgan fingerprint density at radius 1 is 1.13 bits per heavy atom. The Balaban J connectivity index is 0.000000231. The zero-order valence-corrected chi connectivity index (χ0v) is 13.6. The first-order valence-electron chi connectivity index (χ1n) is 6.14. The molecule has 0 saturated heterocycles. The number of carboxylic acid groups (broad SMARTS) is 1. The molecule has 0 radical (unpaired) electrons. The van der Waals surface area contributed by atoms with Crippen molar-refractivity contribution in [2.45, 2.75) is 11.8 Å². The Hall–Kier alpha value is -2.29. The molecule has 0 fully saturated rings. The van der Waals surface area contributed by atoms with Gasteiger partial charge >= 0.3 is 5.97 Å². The molecule has 9 heteroatoms. The topological polar surface area (TPSA) is 144 Å². The number of aryl methyl sites for hydroxylation is 1. The van der Waals surface area contributed by atoms with Crippen LogP contribution in [0.3, 0.4) is 0 Å². The van der Waals surface area contributed by atoms with Gasteiger partial charge in [0.25, 0.3) is 10.1 Å². The highest BCUT2D eigenvalue weighted by atomic mass is 35.5. The first kappa shape index (κ1) is 18.8. The molecule has 0 aromatic heterocycles. The third-order valence-electron chi connectivity index (χ3n) is 2.72. The van der Waals surface area contributed by atoms with E-state index in [1.54, 1.807) is 6.92 Å². The van der Waals surface area contributed by atoms with Gasteiger partial charge in [0.1, 0.15) is 0 Å². The minimum Gasteiger partial charge on any atom is -0.478 e. The van der Waals surface area contributed by atoms with Crippen molar-refractivity contribution in [3.8, 4) is 0 Å². The number of carbonyl (C=O) groups is 1. The van der Waals surface area contributed by atoms with Crippen LogP contribution in [0.15, 0.2) is 41.3 Å². The fraction of sp³-hybridized carbons (Fsp3) is 0.0714. The standard InChI is InChI=1S/C7H6ClNO2.C7H9NO3S/c8-5-2-1-4(7(10)11)3-6(5)9;1-5-4-6(8)2-3-7(5)12(9,10)11/h1-3H,9H2,(H,10,11);2-4H,8H2,1H3,(H,9,10,11).